The van der Waals surface area contributed by atoms with E-state index in [1.165, 1.54) is 15.6 Å². The van der Waals surface area contributed by atoms with Crippen LogP contribution < -0.4 is 0 Å². The van der Waals surface area contributed by atoms with Gasteiger partial charge in [0.25, 0.3) is 0 Å². The van der Waals surface area contributed by atoms with E-state index < -0.39 is 15.4 Å². The van der Waals surface area contributed by atoms with Crippen LogP contribution in [0.25, 0.3) is 0 Å². The number of piperazine rings is 1. The molecule has 1 fully saturated rings. The number of rotatable bonds is 4. The number of amides is 1. The van der Waals surface area contributed by atoms with Crippen molar-refractivity contribution in [1.82, 2.24) is 9.21 Å². The SMILES string of the molecule is Cc1ccc(C(C)(C)C(=O)N2CCN(S(=O)(=O)c3cc(C)sc3C)CC2)cc1. The van der Waals surface area contributed by atoms with Gasteiger partial charge in [-0.3, -0.25) is 4.79 Å². The standard InChI is InChI=1S/C21H28N2O3S2/c1-15-6-8-18(9-7-15)21(4,5)20(24)22-10-12-23(13-11-22)28(25,26)19-14-16(2)27-17(19)3/h6-9,14H,10-13H2,1-5H3. The second-order valence-corrected chi connectivity index (χ2v) is 11.3. The summed E-state index contributed by atoms with van der Waals surface area (Å²) in [7, 11) is -3.51. The maximum absolute atomic E-state index is 13.1. The van der Waals surface area contributed by atoms with Gasteiger partial charge in [-0.1, -0.05) is 29.8 Å². The van der Waals surface area contributed by atoms with Crippen LogP contribution in [0, 0.1) is 20.8 Å². The van der Waals surface area contributed by atoms with Crippen molar-refractivity contribution < 1.29 is 13.2 Å². The number of hydrogen-bond acceptors (Lipinski definition) is 4. The molecule has 0 saturated carbocycles. The Morgan fingerprint density at radius 3 is 2.07 bits per heavy atom. The van der Waals surface area contributed by atoms with Gasteiger partial charge >= 0.3 is 0 Å². The molecule has 1 saturated heterocycles. The van der Waals surface area contributed by atoms with E-state index in [4.69, 9.17) is 0 Å². The molecule has 3 rings (SSSR count). The van der Waals surface area contributed by atoms with Crippen molar-refractivity contribution in [2.24, 2.45) is 0 Å². The number of hydrogen-bond donors (Lipinski definition) is 0. The van der Waals surface area contributed by atoms with Gasteiger partial charge in [-0.2, -0.15) is 4.31 Å². The van der Waals surface area contributed by atoms with Crippen LogP contribution in [0.4, 0.5) is 0 Å². The van der Waals surface area contributed by atoms with Gasteiger partial charge in [0.1, 0.15) is 0 Å². The third kappa shape index (κ3) is 3.88. The van der Waals surface area contributed by atoms with Crippen molar-refractivity contribution in [2.45, 2.75) is 44.9 Å². The molecule has 0 atom stereocenters. The molecule has 1 amide bonds. The Labute approximate surface area is 172 Å². The number of carbonyl (C=O) groups excluding carboxylic acids is 1. The Balaban J connectivity index is 1.72. The second kappa shape index (κ2) is 7.61. The predicted molar refractivity (Wildman–Crippen MR) is 113 cm³/mol. The van der Waals surface area contributed by atoms with E-state index in [1.807, 2.05) is 58.9 Å². The monoisotopic (exact) mass is 420 g/mol. The quantitative estimate of drug-likeness (QED) is 0.761. The molecule has 0 aliphatic carbocycles. The summed E-state index contributed by atoms with van der Waals surface area (Å²) >= 11 is 1.50. The van der Waals surface area contributed by atoms with E-state index in [1.54, 1.807) is 11.0 Å². The molecule has 0 bridgehead atoms. The molecule has 0 unspecified atom stereocenters. The molecular weight excluding hydrogens is 392 g/mol. The first-order valence-corrected chi connectivity index (χ1v) is 11.7. The van der Waals surface area contributed by atoms with E-state index in [-0.39, 0.29) is 5.91 Å². The average Bonchev–Trinajstić information content (AvgIpc) is 3.00. The fourth-order valence-corrected chi connectivity index (χ4v) is 6.57. The van der Waals surface area contributed by atoms with Crippen molar-refractivity contribution in [3.8, 4) is 0 Å². The van der Waals surface area contributed by atoms with E-state index in [9.17, 15) is 13.2 Å². The highest BCUT2D eigenvalue weighted by Crippen LogP contribution is 2.30. The van der Waals surface area contributed by atoms with Crippen LogP contribution >= 0.6 is 11.3 Å². The van der Waals surface area contributed by atoms with Gasteiger partial charge in [-0.25, -0.2) is 8.42 Å². The molecule has 7 heteroatoms. The van der Waals surface area contributed by atoms with Crippen LogP contribution in [0.15, 0.2) is 35.2 Å². The summed E-state index contributed by atoms with van der Waals surface area (Å²) in [5.74, 6) is 0.0379. The fourth-order valence-electron chi connectivity index (χ4n) is 3.62. The van der Waals surface area contributed by atoms with Crippen LogP contribution in [0.1, 0.15) is 34.7 Å². The normalized spacial score (nSPS) is 16.4. The summed E-state index contributed by atoms with van der Waals surface area (Å²) in [6.07, 6.45) is 0. The van der Waals surface area contributed by atoms with Crippen molar-refractivity contribution in [2.75, 3.05) is 26.2 Å². The first kappa shape index (κ1) is 21.0. The molecule has 5 nitrogen and oxygen atoms in total. The third-order valence-corrected chi connectivity index (χ3v) is 8.57. The van der Waals surface area contributed by atoms with Crippen LogP contribution in [-0.4, -0.2) is 49.7 Å². The van der Waals surface area contributed by atoms with Crippen LogP contribution in [0.3, 0.4) is 0 Å². The van der Waals surface area contributed by atoms with Crippen LogP contribution in [0.5, 0.6) is 0 Å². The van der Waals surface area contributed by atoms with Crippen molar-refractivity contribution in [1.29, 1.82) is 0 Å². The summed E-state index contributed by atoms with van der Waals surface area (Å²) in [5, 5.41) is 0. The molecule has 1 aliphatic heterocycles. The zero-order valence-electron chi connectivity index (χ0n) is 17.2. The summed E-state index contributed by atoms with van der Waals surface area (Å²) < 4.78 is 27.5. The topological polar surface area (TPSA) is 57.7 Å². The molecular formula is C21H28N2O3S2. The van der Waals surface area contributed by atoms with Crippen molar-refractivity contribution in [3.05, 3.63) is 51.2 Å². The number of aryl methyl sites for hydroxylation is 3. The smallest absolute Gasteiger partial charge is 0.244 e. The zero-order chi connectivity index (χ0) is 20.7. The Morgan fingerprint density at radius 2 is 1.57 bits per heavy atom. The number of sulfonamides is 1. The number of thiophene rings is 1. The molecule has 1 aliphatic rings. The second-order valence-electron chi connectivity index (χ2n) is 7.96. The lowest BCUT2D eigenvalue weighted by molar-refractivity contribution is -0.137. The highest BCUT2D eigenvalue weighted by Gasteiger charge is 2.37. The fraction of sp³-hybridized carbons (Fsp3) is 0.476. The van der Waals surface area contributed by atoms with E-state index in [0.29, 0.717) is 31.1 Å². The lowest BCUT2D eigenvalue weighted by atomic mass is 9.82. The number of benzene rings is 1. The molecule has 0 radical (unpaired) electrons. The van der Waals surface area contributed by atoms with Crippen molar-refractivity contribution in [3.63, 3.8) is 0 Å². The van der Waals surface area contributed by atoms with Gasteiger partial charge in [-0.15, -0.1) is 11.3 Å². The van der Waals surface area contributed by atoms with Crippen LogP contribution in [0.2, 0.25) is 0 Å². The Morgan fingerprint density at radius 1 is 1.00 bits per heavy atom. The molecule has 152 valence electrons. The van der Waals surface area contributed by atoms with E-state index in [2.05, 4.69) is 0 Å². The first-order chi connectivity index (χ1) is 13.0. The molecule has 0 N–H and O–H groups in total. The number of nitrogens with zero attached hydrogens (tertiary/aromatic N) is 2. The summed E-state index contributed by atoms with van der Waals surface area (Å²) in [6, 6.07) is 9.76. The third-order valence-electron chi connectivity index (χ3n) is 5.45. The van der Waals surface area contributed by atoms with E-state index in [0.717, 1.165) is 20.9 Å². The Bertz CT molecular complexity index is 968. The highest BCUT2D eigenvalue weighted by molar-refractivity contribution is 7.89. The highest BCUT2D eigenvalue weighted by atomic mass is 32.2. The maximum atomic E-state index is 13.1. The van der Waals surface area contributed by atoms with Crippen molar-refractivity contribution >= 4 is 27.3 Å². The van der Waals surface area contributed by atoms with Gasteiger partial charge in [0.05, 0.1) is 10.3 Å². The summed E-state index contributed by atoms with van der Waals surface area (Å²) in [5.41, 5.74) is 1.49. The van der Waals surface area contributed by atoms with Gasteiger partial charge in [0.2, 0.25) is 15.9 Å². The lowest BCUT2D eigenvalue weighted by Crippen LogP contribution is -2.54. The minimum atomic E-state index is -3.51. The molecule has 28 heavy (non-hydrogen) atoms. The minimum absolute atomic E-state index is 0.0379. The Hall–Kier alpha value is -1.70. The van der Waals surface area contributed by atoms with Crippen LogP contribution in [-0.2, 0) is 20.2 Å². The Kier molecular flexibility index (Phi) is 5.71. The molecule has 2 heterocycles. The van der Waals surface area contributed by atoms with Gasteiger partial charge in [0.15, 0.2) is 0 Å². The van der Waals surface area contributed by atoms with E-state index >= 15 is 0 Å². The first-order valence-electron chi connectivity index (χ1n) is 9.47. The summed E-state index contributed by atoms with van der Waals surface area (Å²) in [6.45, 7) is 11.1. The lowest BCUT2D eigenvalue weighted by Gasteiger charge is -2.38. The zero-order valence-corrected chi connectivity index (χ0v) is 18.8. The predicted octanol–water partition coefficient (Wildman–Crippen LogP) is 3.48. The van der Waals surface area contributed by atoms with Gasteiger partial charge in [0, 0.05) is 35.9 Å². The molecule has 1 aromatic heterocycles. The summed E-state index contributed by atoms with van der Waals surface area (Å²) in [4.78, 5) is 17.1. The average molecular weight is 421 g/mol. The molecule has 2 aromatic rings. The van der Waals surface area contributed by atoms with Gasteiger partial charge in [-0.05, 0) is 46.2 Å². The largest absolute Gasteiger partial charge is 0.339 e. The molecule has 1 aromatic carbocycles. The maximum Gasteiger partial charge on any atom is 0.244 e. The molecule has 0 spiro atoms. The minimum Gasteiger partial charge on any atom is -0.339 e. The van der Waals surface area contributed by atoms with Gasteiger partial charge < -0.3 is 4.90 Å². The number of carbonyl (C=O) groups is 1.